The van der Waals surface area contributed by atoms with Crippen molar-refractivity contribution in [1.82, 2.24) is 5.32 Å². The molecule has 0 aliphatic heterocycles. The van der Waals surface area contributed by atoms with Crippen LogP contribution in [0.25, 0.3) is 0 Å². The zero-order chi connectivity index (χ0) is 62.0. The van der Waals surface area contributed by atoms with Crippen molar-refractivity contribution in [3.63, 3.8) is 0 Å². The van der Waals surface area contributed by atoms with Crippen molar-refractivity contribution in [2.75, 3.05) is 13.2 Å². The SMILES string of the molecule is CCCCCC/C=C\C/C=C\CCCCCCCCCC(=O)OCCCCCCCCCCC/C=C\C/C=C\CCCCCCCCCCCCCCCCCC(=O)NC(CO)C(O)/C=C/CCCCCCCCCCCCCCCCCCCC. The molecular formula is C80H149NO5. The molecular weight excluding hydrogens is 1050 g/mol. The monoisotopic (exact) mass is 1200 g/mol. The Hall–Kier alpha value is -2.44. The van der Waals surface area contributed by atoms with Gasteiger partial charge in [-0.2, -0.15) is 0 Å². The first-order valence-corrected chi connectivity index (χ1v) is 38.6. The second kappa shape index (κ2) is 75.0. The van der Waals surface area contributed by atoms with Crippen LogP contribution in [-0.4, -0.2) is 47.4 Å². The van der Waals surface area contributed by atoms with E-state index in [0.717, 1.165) is 57.8 Å². The van der Waals surface area contributed by atoms with Crippen LogP contribution in [0.3, 0.4) is 0 Å². The molecule has 6 nitrogen and oxygen atoms in total. The molecule has 0 fully saturated rings. The number of nitrogens with one attached hydrogen (secondary N) is 1. The molecule has 0 aliphatic rings. The van der Waals surface area contributed by atoms with Gasteiger partial charge in [0.1, 0.15) is 0 Å². The summed E-state index contributed by atoms with van der Waals surface area (Å²) in [5, 5.41) is 23.3. The molecule has 504 valence electrons. The maximum atomic E-state index is 12.5. The molecule has 0 heterocycles. The Morgan fingerprint density at radius 1 is 0.326 bits per heavy atom. The predicted octanol–water partition coefficient (Wildman–Crippen LogP) is 25.4. The lowest BCUT2D eigenvalue weighted by molar-refractivity contribution is -0.143. The second-order valence-corrected chi connectivity index (χ2v) is 26.3. The number of allylic oxidation sites excluding steroid dienone is 9. The second-order valence-electron chi connectivity index (χ2n) is 26.3. The van der Waals surface area contributed by atoms with Crippen LogP contribution in [0.5, 0.6) is 0 Å². The van der Waals surface area contributed by atoms with Gasteiger partial charge in [-0.1, -0.05) is 364 Å². The number of hydrogen-bond acceptors (Lipinski definition) is 5. The van der Waals surface area contributed by atoms with E-state index in [1.165, 1.54) is 327 Å². The lowest BCUT2D eigenvalue weighted by atomic mass is 10.0. The lowest BCUT2D eigenvalue weighted by Crippen LogP contribution is -2.45. The minimum Gasteiger partial charge on any atom is -0.466 e. The third-order valence-electron chi connectivity index (χ3n) is 17.8. The van der Waals surface area contributed by atoms with Crippen LogP contribution < -0.4 is 5.32 Å². The summed E-state index contributed by atoms with van der Waals surface area (Å²) in [5.74, 6) is -0.0585. The first kappa shape index (κ1) is 83.6. The van der Waals surface area contributed by atoms with Crippen LogP contribution in [-0.2, 0) is 14.3 Å². The van der Waals surface area contributed by atoms with Crippen LogP contribution in [0, 0.1) is 0 Å². The Morgan fingerprint density at radius 2 is 0.581 bits per heavy atom. The fourth-order valence-corrected chi connectivity index (χ4v) is 11.9. The molecule has 86 heavy (non-hydrogen) atoms. The van der Waals surface area contributed by atoms with Gasteiger partial charge in [-0.3, -0.25) is 9.59 Å². The summed E-state index contributed by atoms with van der Waals surface area (Å²) in [7, 11) is 0. The first-order valence-electron chi connectivity index (χ1n) is 38.6. The minimum atomic E-state index is -0.846. The van der Waals surface area contributed by atoms with Crippen molar-refractivity contribution in [2.45, 2.75) is 424 Å². The minimum absolute atomic E-state index is 0.00571. The molecule has 0 aromatic rings. The van der Waals surface area contributed by atoms with Gasteiger partial charge in [-0.05, 0) is 96.3 Å². The number of amides is 1. The standard InChI is InChI=1S/C80H149NO5/c1-3-5-7-9-11-13-15-17-19-21-23-37-40-44-48-52-56-60-64-68-72-78(83)77(76-82)81-79(84)73-69-65-61-57-53-49-45-41-38-35-33-31-29-27-25-24-26-28-30-32-34-36-39-43-47-51-55-59-63-67-71-75-86-80(85)74-70-66-62-58-54-50-46-42-22-20-18-16-14-12-10-8-6-4-2/h14,16,20,22,26,28,32,34,68,72,77-78,82-83H,3-13,15,17-19,21,23-25,27,29-31,33,35-67,69-71,73-76H2,1-2H3,(H,81,84)/b16-14-,22-20-,28-26-,34-32-,72-68+. The van der Waals surface area contributed by atoms with Crippen LogP contribution in [0.2, 0.25) is 0 Å². The van der Waals surface area contributed by atoms with Gasteiger partial charge in [-0.15, -0.1) is 0 Å². The van der Waals surface area contributed by atoms with E-state index in [-0.39, 0.29) is 18.5 Å². The molecule has 0 aromatic heterocycles. The Labute approximate surface area is 537 Å². The van der Waals surface area contributed by atoms with Crippen molar-refractivity contribution in [1.29, 1.82) is 0 Å². The van der Waals surface area contributed by atoms with Crippen molar-refractivity contribution >= 4 is 11.9 Å². The van der Waals surface area contributed by atoms with Gasteiger partial charge >= 0.3 is 5.97 Å². The highest BCUT2D eigenvalue weighted by atomic mass is 16.5. The van der Waals surface area contributed by atoms with Gasteiger partial charge in [0, 0.05) is 12.8 Å². The zero-order valence-electron chi connectivity index (χ0n) is 57.8. The molecule has 0 rings (SSSR count). The molecule has 1 amide bonds. The fraction of sp³-hybridized carbons (Fsp3) is 0.850. The van der Waals surface area contributed by atoms with Crippen molar-refractivity contribution in [3.8, 4) is 0 Å². The van der Waals surface area contributed by atoms with Crippen molar-refractivity contribution in [2.24, 2.45) is 0 Å². The average Bonchev–Trinajstić information content (AvgIpc) is 3.54. The number of carbonyl (C=O) groups is 2. The van der Waals surface area contributed by atoms with E-state index < -0.39 is 12.1 Å². The molecule has 3 N–H and O–H groups in total. The zero-order valence-corrected chi connectivity index (χ0v) is 57.8. The quantitative estimate of drug-likeness (QED) is 0.0320. The summed E-state index contributed by atoms with van der Waals surface area (Å²) in [6.45, 7) is 4.91. The number of ether oxygens (including phenoxy) is 1. The Bertz CT molecular complexity index is 1480. The lowest BCUT2D eigenvalue weighted by Gasteiger charge is -2.20. The van der Waals surface area contributed by atoms with Gasteiger partial charge in [-0.25, -0.2) is 0 Å². The summed E-state index contributed by atoms with van der Waals surface area (Å²) < 4.78 is 5.50. The van der Waals surface area contributed by atoms with E-state index in [1.54, 1.807) is 6.08 Å². The smallest absolute Gasteiger partial charge is 0.305 e. The normalized spacial score (nSPS) is 12.8. The number of hydrogen-bond donors (Lipinski definition) is 3. The molecule has 0 aromatic carbocycles. The Kier molecular flexibility index (Phi) is 72.9. The maximum absolute atomic E-state index is 12.5. The molecule has 0 saturated heterocycles. The van der Waals surface area contributed by atoms with Crippen LogP contribution >= 0.6 is 0 Å². The number of aliphatic hydroxyl groups excluding tert-OH is 2. The largest absolute Gasteiger partial charge is 0.466 e. The summed E-state index contributed by atoms with van der Waals surface area (Å²) in [4.78, 5) is 24.6. The molecule has 0 aliphatic carbocycles. The maximum Gasteiger partial charge on any atom is 0.305 e. The number of rotatable bonds is 72. The molecule has 0 spiro atoms. The number of aliphatic hydroxyl groups is 2. The van der Waals surface area contributed by atoms with Gasteiger partial charge in [0.25, 0.3) is 0 Å². The summed E-state index contributed by atoms with van der Waals surface area (Å²) in [5.41, 5.74) is 0. The molecule has 0 bridgehead atoms. The van der Waals surface area contributed by atoms with Gasteiger partial charge in [0.15, 0.2) is 0 Å². The highest BCUT2D eigenvalue weighted by molar-refractivity contribution is 5.76. The first-order chi connectivity index (χ1) is 42.5. The molecule has 0 saturated carbocycles. The van der Waals surface area contributed by atoms with E-state index >= 15 is 0 Å². The van der Waals surface area contributed by atoms with E-state index in [9.17, 15) is 19.8 Å². The van der Waals surface area contributed by atoms with Gasteiger partial charge < -0.3 is 20.3 Å². The third kappa shape index (κ3) is 70.6. The Morgan fingerprint density at radius 3 is 0.895 bits per heavy atom. The third-order valence-corrected chi connectivity index (χ3v) is 17.8. The summed E-state index contributed by atoms with van der Waals surface area (Å²) in [6, 6.07) is -0.629. The van der Waals surface area contributed by atoms with Crippen molar-refractivity contribution in [3.05, 3.63) is 60.8 Å². The highest BCUT2D eigenvalue weighted by Crippen LogP contribution is 2.19. The predicted molar refractivity (Wildman–Crippen MR) is 379 cm³/mol. The molecule has 2 unspecified atom stereocenters. The van der Waals surface area contributed by atoms with Crippen LogP contribution in [0.4, 0.5) is 0 Å². The Balaban J connectivity index is 3.42. The number of esters is 1. The van der Waals surface area contributed by atoms with Crippen LogP contribution in [0.1, 0.15) is 412 Å². The number of unbranched alkanes of at least 4 members (excludes halogenated alkanes) is 53. The van der Waals surface area contributed by atoms with Crippen LogP contribution in [0.15, 0.2) is 60.8 Å². The number of carbonyl (C=O) groups excluding carboxylic acids is 2. The van der Waals surface area contributed by atoms with Crippen molar-refractivity contribution < 1.29 is 24.5 Å². The molecule has 0 radical (unpaired) electrons. The van der Waals surface area contributed by atoms with Gasteiger partial charge in [0.05, 0.1) is 25.4 Å². The molecule has 6 heteroatoms. The average molecular weight is 1210 g/mol. The van der Waals surface area contributed by atoms with E-state index in [2.05, 4.69) is 67.8 Å². The van der Waals surface area contributed by atoms with E-state index in [0.29, 0.717) is 19.4 Å². The van der Waals surface area contributed by atoms with E-state index in [1.807, 2.05) is 6.08 Å². The highest BCUT2D eigenvalue weighted by Gasteiger charge is 2.18. The van der Waals surface area contributed by atoms with E-state index in [4.69, 9.17) is 4.74 Å². The summed E-state index contributed by atoms with van der Waals surface area (Å²) in [6.07, 6.45) is 100. The topological polar surface area (TPSA) is 95.9 Å². The van der Waals surface area contributed by atoms with Gasteiger partial charge in [0.2, 0.25) is 5.91 Å². The fourth-order valence-electron chi connectivity index (χ4n) is 11.9. The molecule has 2 atom stereocenters. The summed E-state index contributed by atoms with van der Waals surface area (Å²) >= 11 is 0.